The van der Waals surface area contributed by atoms with Gasteiger partial charge in [0.05, 0.1) is 12.2 Å². The van der Waals surface area contributed by atoms with Crippen LogP contribution in [0.2, 0.25) is 0 Å². The third kappa shape index (κ3) is 2.98. The molecule has 0 fully saturated rings. The Hall–Kier alpha value is -1.75. The summed E-state index contributed by atoms with van der Waals surface area (Å²) in [6, 6.07) is 5.92. The third-order valence-electron chi connectivity index (χ3n) is 3.04. The van der Waals surface area contributed by atoms with Crippen LogP contribution in [0.25, 0.3) is 0 Å². The highest BCUT2D eigenvalue weighted by atomic mass is 32.1. The molecule has 0 aromatic carbocycles. The first-order chi connectivity index (χ1) is 8.99. The van der Waals surface area contributed by atoms with Crippen molar-refractivity contribution in [3.05, 3.63) is 40.3 Å². The average Bonchev–Trinajstić information content (AvgIpc) is 2.94. The molecule has 0 aliphatic carbocycles. The molecule has 0 spiro atoms. The van der Waals surface area contributed by atoms with E-state index in [-0.39, 0.29) is 11.9 Å². The smallest absolute Gasteiger partial charge is 0.271 e. The average molecular weight is 277 g/mol. The molecule has 0 saturated heterocycles. The SMILES string of the molecule is CC(C)N(Cc1cccs1)C(=O)c1cc(N)cn1C. The van der Waals surface area contributed by atoms with Crippen LogP contribution >= 0.6 is 11.3 Å². The van der Waals surface area contributed by atoms with Crippen molar-refractivity contribution in [3.8, 4) is 0 Å². The van der Waals surface area contributed by atoms with E-state index in [1.165, 1.54) is 4.88 Å². The van der Waals surface area contributed by atoms with Crippen molar-refractivity contribution in [2.45, 2.75) is 26.4 Å². The summed E-state index contributed by atoms with van der Waals surface area (Å²) < 4.78 is 1.78. The van der Waals surface area contributed by atoms with Gasteiger partial charge in [-0.2, -0.15) is 0 Å². The molecule has 2 aromatic heterocycles. The van der Waals surface area contributed by atoms with Gasteiger partial charge in [0.15, 0.2) is 0 Å². The zero-order valence-corrected chi connectivity index (χ0v) is 12.3. The number of aryl methyl sites for hydroxylation is 1. The first kappa shape index (κ1) is 13.7. The molecule has 5 heteroatoms. The van der Waals surface area contributed by atoms with E-state index in [0.717, 1.165) is 0 Å². The number of thiophene rings is 1. The Balaban J connectivity index is 2.24. The van der Waals surface area contributed by atoms with Crippen LogP contribution in [0.3, 0.4) is 0 Å². The van der Waals surface area contributed by atoms with E-state index in [2.05, 4.69) is 0 Å². The number of anilines is 1. The number of nitrogen functional groups attached to an aromatic ring is 1. The second kappa shape index (κ2) is 5.48. The van der Waals surface area contributed by atoms with Gasteiger partial charge >= 0.3 is 0 Å². The third-order valence-corrected chi connectivity index (χ3v) is 3.90. The standard InChI is InChI=1S/C14H19N3OS/c1-10(2)17(9-12-5-4-6-19-12)14(18)13-7-11(15)8-16(13)3/h4-8,10H,9,15H2,1-3H3. The Bertz CT molecular complexity index is 557. The molecular formula is C14H19N3OS. The second-order valence-corrected chi connectivity index (χ2v) is 5.91. The van der Waals surface area contributed by atoms with E-state index in [1.54, 1.807) is 28.2 Å². The molecule has 19 heavy (non-hydrogen) atoms. The molecule has 0 radical (unpaired) electrons. The minimum atomic E-state index is 0.0163. The molecule has 102 valence electrons. The first-order valence-corrected chi connectivity index (χ1v) is 7.12. The summed E-state index contributed by atoms with van der Waals surface area (Å²) in [7, 11) is 1.84. The summed E-state index contributed by atoms with van der Waals surface area (Å²) in [4.78, 5) is 15.6. The van der Waals surface area contributed by atoms with Gasteiger partial charge < -0.3 is 15.2 Å². The van der Waals surface area contributed by atoms with Crippen molar-refractivity contribution in [1.82, 2.24) is 9.47 Å². The molecule has 0 bridgehead atoms. The Kier molecular flexibility index (Phi) is 3.95. The number of hydrogen-bond donors (Lipinski definition) is 1. The van der Waals surface area contributed by atoms with Crippen molar-refractivity contribution in [2.24, 2.45) is 7.05 Å². The van der Waals surface area contributed by atoms with Crippen molar-refractivity contribution < 1.29 is 4.79 Å². The number of nitrogens with two attached hydrogens (primary N) is 1. The molecule has 0 aliphatic heterocycles. The number of aromatic nitrogens is 1. The molecule has 2 N–H and O–H groups in total. The summed E-state index contributed by atoms with van der Waals surface area (Å²) in [5.41, 5.74) is 6.98. The van der Waals surface area contributed by atoms with Crippen LogP contribution in [0.15, 0.2) is 29.8 Å². The fourth-order valence-electron chi connectivity index (χ4n) is 2.01. The number of rotatable bonds is 4. The number of nitrogens with zero attached hydrogens (tertiary/aromatic N) is 2. The maximum absolute atomic E-state index is 12.6. The molecule has 2 aromatic rings. The minimum Gasteiger partial charge on any atom is -0.397 e. The van der Waals surface area contributed by atoms with Gasteiger partial charge in [-0.1, -0.05) is 6.07 Å². The quantitative estimate of drug-likeness (QED) is 0.934. The van der Waals surface area contributed by atoms with E-state index in [9.17, 15) is 4.79 Å². The maximum atomic E-state index is 12.6. The van der Waals surface area contributed by atoms with Gasteiger partial charge in [0.25, 0.3) is 5.91 Å². The lowest BCUT2D eigenvalue weighted by atomic mass is 10.2. The highest BCUT2D eigenvalue weighted by Gasteiger charge is 2.22. The summed E-state index contributed by atoms with van der Waals surface area (Å²) in [6.45, 7) is 4.69. The van der Waals surface area contributed by atoms with Crippen LogP contribution in [0.1, 0.15) is 29.2 Å². The summed E-state index contributed by atoms with van der Waals surface area (Å²) >= 11 is 1.67. The Morgan fingerprint density at radius 2 is 2.26 bits per heavy atom. The Morgan fingerprint density at radius 3 is 2.74 bits per heavy atom. The van der Waals surface area contributed by atoms with Gasteiger partial charge in [0, 0.05) is 24.2 Å². The zero-order chi connectivity index (χ0) is 14.0. The van der Waals surface area contributed by atoms with Gasteiger partial charge in [0.1, 0.15) is 5.69 Å². The Labute approximate surface area is 117 Å². The van der Waals surface area contributed by atoms with Crippen LogP contribution in [0, 0.1) is 0 Å². The van der Waals surface area contributed by atoms with E-state index < -0.39 is 0 Å². The molecule has 1 amide bonds. The maximum Gasteiger partial charge on any atom is 0.271 e. The largest absolute Gasteiger partial charge is 0.397 e. The van der Waals surface area contributed by atoms with Crippen LogP contribution in [-0.4, -0.2) is 21.4 Å². The van der Waals surface area contributed by atoms with Gasteiger partial charge in [0.2, 0.25) is 0 Å². The van der Waals surface area contributed by atoms with Gasteiger partial charge in [-0.25, -0.2) is 0 Å². The lowest BCUT2D eigenvalue weighted by molar-refractivity contribution is 0.0682. The number of amides is 1. The minimum absolute atomic E-state index is 0.0163. The van der Waals surface area contributed by atoms with Crippen molar-refractivity contribution in [3.63, 3.8) is 0 Å². The highest BCUT2D eigenvalue weighted by Crippen LogP contribution is 2.18. The van der Waals surface area contributed by atoms with Crippen molar-refractivity contribution in [2.75, 3.05) is 5.73 Å². The number of hydrogen-bond acceptors (Lipinski definition) is 3. The predicted molar refractivity (Wildman–Crippen MR) is 79.2 cm³/mol. The van der Waals surface area contributed by atoms with Gasteiger partial charge in [-0.15, -0.1) is 11.3 Å². The molecule has 2 rings (SSSR count). The molecule has 0 saturated carbocycles. The molecule has 0 aliphatic rings. The van der Waals surface area contributed by atoms with E-state index >= 15 is 0 Å². The molecule has 4 nitrogen and oxygen atoms in total. The summed E-state index contributed by atoms with van der Waals surface area (Å²) in [6.07, 6.45) is 1.76. The summed E-state index contributed by atoms with van der Waals surface area (Å²) in [5.74, 6) is 0.0163. The normalized spacial score (nSPS) is 10.9. The van der Waals surface area contributed by atoms with Crippen molar-refractivity contribution >= 4 is 22.9 Å². The van der Waals surface area contributed by atoms with Crippen LogP contribution in [0.5, 0.6) is 0 Å². The van der Waals surface area contributed by atoms with Crippen LogP contribution in [-0.2, 0) is 13.6 Å². The number of carbonyl (C=O) groups is 1. The number of carbonyl (C=O) groups excluding carboxylic acids is 1. The van der Waals surface area contributed by atoms with Crippen molar-refractivity contribution in [1.29, 1.82) is 0 Å². The topological polar surface area (TPSA) is 51.3 Å². The summed E-state index contributed by atoms with van der Waals surface area (Å²) in [5, 5.41) is 2.03. The second-order valence-electron chi connectivity index (χ2n) is 4.88. The fraction of sp³-hybridized carbons (Fsp3) is 0.357. The molecule has 2 heterocycles. The predicted octanol–water partition coefficient (Wildman–Crippen LogP) is 2.72. The first-order valence-electron chi connectivity index (χ1n) is 6.24. The van der Waals surface area contributed by atoms with E-state index in [1.807, 2.05) is 43.3 Å². The Morgan fingerprint density at radius 1 is 1.53 bits per heavy atom. The zero-order valence-electron chi connectivity index (χ0n) is 11.5. The van der Waals surface area contributed by atoms with Gasteiger partial charge in [-0.05, 0) is 31.4 Å². The lowest BCUT2D eigenvalue weighted by Gasteiger charge is -2.26. The molecular weight excluding hydrogens is 258 g/mol. The fourth-order valence-corrected chi connectivity index (χ4v) is 2.71. The van der Waals surface area contributed by atoms with Crippen LogP contribution < -0.4 is 5.73 Å². The van der Waals surface area contributed by atoms with Gasteiger partial charge in [-0.3, -0.25) is 4.79 Å². The van der Waals surface area contributed by atoms with E-state index in [4.69, 9.17) is 5.73 Å². The monoisotopic (exact) mass is 277 g/mol. The highest BCUT2D eigenvalue weighted by molar-refractivity contribution is 7.09. The molecule has 0 unspecified atom stereocenters. The van der Waals surface area contributed by atoms with Crippen LogP contribution in [0.4, 0.5) is 5.69 Å². The van der Waals surface area contributed by atoms with E-state index in [0.29, 0.717) is 17.9 Å². The lowest BCUT2D eigenvalue weighted by Crippen LogP contribution is -2.37. The molecule has 0 atom stereocenters.